The average molecular weight is 546 g/mol. The van der Waals surface area contributed by atoms with Crippen molar-refractivity contribution in [1.29, 1.82) is 0 Å². The minimum atomic E-state index is -0.659. The number of hydrogen-bond acceptors (Lipinski definition) is 4. The summed E-state index contributed by atoms with van der Waals surface area (Å²) < 4.78 is 6.50. The van der Waals surface area contributed by atoms with E-state index in [1.54, 1.807) is 13.0 Å². The Hall–Kier alpha value is -1.92. The number of morpholine rings is 1. The van der Waals surface area contributed by atoms with E-state index in [4.69, 9.17) is 27.9 Å². The van der Waals surface area contributed by atoms with Crippen molar-refractivity contribution >= 4 is 34.9 Å². The summed E-state index contributed by atoms with van der Waals surface area (Å²) in [7, 11) is 0. The van der Waals surface area contributed by atoms with Crippen LogP contribution in [0, 0.1) is 5.92 Å². The molecule has 5 nitrogen and oxygen atoms in total. The van der Waals surface area contributed by atoms with Crippen LogP contribution in [0.15, 0.2) is 48.5 Å². The summed E-state index contributed by atoms with van der Waals surface area (Å²) in [4.78, 5) is 30.2. The molecule has 200 valence electrons. The molecule has 2 heterocycles. The summed E-state index contributed by atoms with van der Waals surface area (Å²) in [5.74, 6) is 0.699. The molecule has 2 aromatic carbocycles. The highest BCUT2D eigenvalue weighted by Gasteiger charge is 2.43. The molecule has 37 heavy (non-hydrogen) atoms. The Morgan fingerprint density at radius 3 is 2.30 bits per heavy atom. The van der Waals surface area contributed by atoms with Gasteiger partial charge in [-0.1, -0.05) is 73.4 Å². The zero-order valence-electron chi connectivity index (χ0n) is 22.1. The van der Waals surface area contributed by atoms with Gasteiger partial charge in [0, 0.05) is 19.5 Å². The summed E-state index contributed by atoms with van der Waals surface area (Å²) in [6.07, 6.45) is 2.84. The molecule has 0 radical (unpaired) electrons. The van der Waals surface area contributed by atoms with E-state index >= 15 is 0 Å². The number of carbonyl (C=O) groups excluding carboxylic acids is 2. The average Bonchev–Trinajstić information content (AvgIpc) is 2.89. The summed E-state index contributed by atoms with van der Waals surface area (Å²) in [6.45, 7) is 9.89. The molecule has 0 saturated carbocycles. The maximum Gasteiger partial charge on any atom is 0.223 e. The van der Waals surface area contributed by atoms with Gasteiger partial charge in [0.2, 0.25) is 5.91 Å². The molecule has 0 bridgehead atoms. The highest BCUT2D eigenvalue weighted by molar-refractivity contribution is 6.42. The minimum absolute atomic E-state index is 0.162. The third-order valence-electron chi connectivity index (χ3n) is 8.11. The van der Waals surface area contributed by atoms with Gasteiger partial charge in [0.15, 0.2) is 0 Å². The number of likely N-dealkylation sites (tertiary alicyclic amines) is 1. The maximum absolute atomic E-state index is 13.0. The third-order valence-corrected chi connectivity index (χ3v) is 8.85. The Morgan fingerprint density at radius 1 is 0.973 bits per heavy atom. The van der Waals surface area contributed by atoms with Crippen LogP contribution in [0.3, 0.4) is 0 Å². The number of rotatable bonds is 8. The molecule has 2 aromatic rings. The molecule has 2 aliphatic rings. The Labute approximate surface area is 231 Å². The Balaban J connectivity index is 1.51. The zero-order valence-corrected chi connectivity index (χ0v) is 23.7. The summed E-state index contributed by atoms with van der Waals surface area (Å²) in [6, 6.07) is 15.8. The lowest BCUT2D eigenvalue weighted by atomic mass is 9.70. The van der Waals surface area contributed by atoms with Gasteiger partial charge < -0.3 is 14.5 Å². The topological polar surface area (TPSA) is 49.9 Å². The van der Waals surface area contributed by atoms with E-state index in [0.717, 1.165) is 50.0 Å². The largest absolute Gasteiger partial charge is 0.367 e. The predicted octanol–water partition coefficient (Wildman–Crippen LogP) is 6.11. The lowest BCUT2D eigenvalue weighted by Crippen LogP contribution is -2.54. The molecule has 0 N–H and O–H groups in total. The van der Waals surface area contributed by atoms with Crippen LogP contribution in [0.25, 0.3) is 0 Å². The van der Waals surface area contributed by atoms with Gasteiger partial charge in [-0.05, 0) is 68.5 Å². The number of ether oxygens (including phenoxy) is 1. The van der Waals surface area contributed by atoms with Crippen molar-refractivity contribution in [2.24, 2.45) is 5.92 Å². The normalized spacial score (nSPS) is 22.3. The van der Waals surface area contributed by atoms with Gasteiger partial charge in [-0.3, -0.25) is 9.59 Å². The van der Waals surface area contributed by atoms with E-state index in [1.165, 1.54) is 0 Å². The summed E-state index contributed by atoms with van der Waals surface area (Å²) in [5, 5.41) is 0.987. The van der Waals surface area contributed by atoms with Crippen molar-refractivity contribution in [3.63, 3.8) is 0 Å². The Morgan fingerprint density at radius 2 is 1.68 bits per heavy atom. The molecule has 7 heteroatoms. The summed E-state index contributed by atoms with van der Waals surface area (Å²) in [5.41, 5.74) is 0.987. The Kier molecular flexibility index (Phi) is 9.00. The van der Waals surface area contributed by atoms with Crippen molar-refractivity contribution in [3.05, 3.63) is 69.7 Å². The number of hydrogen-bond donors (Lipinski definition) is 0. The van der Waals surface area contributed by atoms with Crippen molar-refractivity contribution in [2.45, 2.75) is 57.5 Å². The molecule has 2 saturated heterocycles. The third kappa shape index (κ3) is 6.22. The fraction of sp³-hybridized carbons (Fsp3) is 0.533. The molecule has 0 aliphatic carbocycles. The Bertz CT molecular complexity index is 1100. The molecule has 2 fully saturated rings. The van der Waals surface area contributed by atoms with Crippen molar-refractivity contribution in [1.82, 2.24) is 9.80 Å². The van der Waals surface area contributed by atoms with Gasteiger partial charge in [-0.15, -0.1) is 0 Å². The van der Waals surface area contributed by atoms with Gasteiger partial charge in [0.05, 0.1) is 28.6 Å². The molecule has 0 aromatic heterocycles. The molecule has 1 amide bonds. The van der Waals surface area contributed by atoms with Crippen molar-refractivity contribution in [2.75, 3.05) is 39.3 Å². The van der Waals surface area contributed by atoms with Crippen LogP contribution >= 0.6 is 23.2 Å². The van der Waals surface area contributed by atoms with Crippen molar-refractivity contribution in [3.8, 4) is 0 Å². The molecule has 4 rings (SSSR count). The van der Waals surface area contributed by atoms with E-state index in [1.807, 2.05) is 35.2 Å². The summed E-state index contributed by atoms with van der Waals surface area (Å²) >= 11 is 12.7. The molecule has 2 aliphatic heterocycles. The first-order valence-electron chi connectivity index (χ1n) is 13.3. The first-order valence-corrected chi connectivity index (χ1v) is 14.1. The fourth-order valence-corrected chi connectivity index (χ4v) is 6.12. The number of carbonyl (C=O) groups is 2. The van der Waals surface area contributed by atoms with Crippen molar-refractivity contribution < 1.29 is 14.3 Å². The molecule has 1 atom stereocenters. The lowest BCUT2D eigenvalue weighted by molar-refractivity contribution is -0.155. The number of piperidine rings is 1. The maximum atomic E-state index is 13.0. The van der Waals surface area contributed by atoms with E-state index in [9.17, 15) is 9.59 Å². The number of ketones is 1. The van der Waals surface area contributed by atoms with Crippen LogP contribution in [0.1, 0.15) is 57.6 Å². The second kappa shape index (κ2) is 11.9. The number of benzene rings is 2. The number of halogens is 2. The van der Waals surface area contributed by atoms with E-state index < -0.39 is 11.0 Å². The minimum Gasteiger partial charge on any atom is -0.367 e. The van der Waals surface area contributed by atoms with Gasteiger partial charge in [-0.2, -0.15) is 0 Å². The van der Waals surface area contributed by atoms with E-state index in [2.05, 4.69) is 30.9 Å². The van der Waals surface area contributed by atoms with E-state index in [-0.39, 0.29) is 11.7 Å². The lowest BCUT2D eigenvalue weighted by Gasteiger charge is -2.45. The highest BCUT2D eigenvalue weighted by Crippen LogP contribution is 2.39. The zero-order chi connectivity index (χ0) is 26.6. The monoisotopic (exact) mass is 544 g/mol. The van der Waals surface area contributed by atoms with Gasteiger partial charge in [-0.25, -0.2) is 0 Å². The van der Waals surface area contributed by atoms with E-state index in [0.29, 0.717) is 42.1 Å². The van der Waals surface area contributed by atoms with Gasteiger partial charge in [0.25, 0.3) is 0 Å². The molecule has 0 spiro atoms. The predicted molar refractivity (Wildman–Crippen MR) is 149 cm³/mol. The van der Waals surface area contributed by atoms with Gasteiger partial charge in [0.1, 0.15) is 11.4 Å². The van der Waals surface area contributed by atoms with Crippen LogP contribution in [-0.2, 0) is 25.3 Å². The van der Waals surface area contributed by atoms with Crippen LogP contribution in [0.4, 0.5) is 0 Å². The first kappa shape index (κ1) is 28.1. The number of Topliss-reactive ketones (excluding diaryl/α,β-unsaturated/α-hetero) is 1. The van der Waals surface area contributed by atoms with Crippen LogP contribution in [0.2, 0.25) is 10.0 Å². The second-order valence-corrected chi connectivity index (χ2v) is 11.8. The molecular weight excluding hydrogens is 507 g/mol. The molecule has 1 unspecified atom stereocenters. The molecular formula is C30H38Cl2N2O3. The highest BCUT2D eigenvalue weighted by atomic mass is 35.5. The number of nitrogens with zero attached hydrogens (tertiary/aromatic N) is 2. The quantitative estimate of drug-likeness (QED) is 0.402. The second-order valence-electron chi connectivity index (χ2n) is 11.0. The fourth-order valence-electron chi connectivity index (χ4n) is 5.82. The SMILES string of the molecule is CC(=O)C1(c2ccccc2)CCN(CCC2(c3ccc(Cl)c(Cl)c3)CN(C(=O)CC(C)C)CCO2)CC1. The van der Waals surface area contributed by atoms with Gasteiger partial charge >= 0.3 is 0 Å². The first-order chi connectivity index (χ1) is 17.6. The van der Waals surface area contributed by atoms with Crippen LogP contribution in [-0.4, -0.2) is 60.8 Å². The standard InChI is InChI=1S/C30H38Cl2N2O3/c1-22(2)19-28(36)34-17-18-37-30(21-34,25-9-10-26(31)27(32)20-25)13-16-33-14-11-29(12-15-33,23(3)35)24-7-5-4-6-8-24/h4-10,20,22H,11-19,21H2,1-3H3. The smallest absolute Gasteiger partial charge is 0.223 e. The van der Waals surface area contributed by atoms with Crippen LogP contribution in [0.5, 0.6) is 0 Å². The number of amides is 1. The van der Waals surface area contributed by atoms with Crippen LogP contribution < -0.4 is 0 Å².